The van der Waals surface area contributed by atoms with Gasteiger partial charge in [0.05, 0.1) is 16.8 Å². The second-order valence-electron chi connectivity index (χ2n) is 5.95. The minimum absolute atomic E-state index is 0.0753. The largest absolute Gasteiger partial charge is 0.405 e. The molecule has 0 aliphatic carbocycles. The fourth-order valence-corrected chi connectivity index (χ4v) is 3.08. The van der Waals surface area contributed by atoms with Crippen molar-refractivity contribution in [3.8, 4) is 0 Å². The van der Waals surface area contributed by atoms with Gasteiger partial charge >= 0.3 is 6.18 Å². The minimum Gasteiger partial charge on any atom is -0.346 e. The molecule has 1 heterocycles. The van der Waals surface area contributed by atoms with Crippen LogP contribution in [0.2, 0.25) is 10.0 Å². The molecule has 1 aromatic carbocycles. The standard InChI is InChI=1S/C16H18Cl2F3N3O2/c17-10-3-4-11(18)12(8-10)23-14(25)5-7-24-6-1-2-13(24)15(26)22-9-16(19,20)21/h3-4,8,13H,1-2,5-7,9H2,(H,22,26)(H,23,25). The lowest BCUT2D eigenvalue weighted by molar-refractivity contribution is -0.141. The van der Waals surface area contributed by atoms with Crippen molar-refractivity contribution < 1.29 is 22.8 Å². The van der Waals surface area contributed by atoms with E-state index in [4.69, 9.17) is 23.2 Å². The Morgan fingerprint density at radius 3 is 2.69 bits per heavy atom. The zero-order chi connectivity index (χ0) is 19.3. The molecule has 2 rings (SSSR count). The Morgan fingerprint density at radius 1 is 1.27 bits per heavy atom. The Labute approximate surface area is 158 Å². The molecule has 1 atom stereocenters. The van der Waals surface area contributed by atoms with Crippen LogP contribution in [-0.2, 0) is 9.59 Å². The summed E-state index contributed by atoms with van der Waals surface area (Å²) in [5.41, 5.74) is 0.380. The number of alkyl halides is 3. The minimum atomic E-state index is -4.45. The van der Waals surface area contributed by atoms with Gasteiger partial charge in [-0.25, -0.2) is 0 Å². The van der Waals surface area contributed by atoms with E-state index in [1.54, 1.807) is 17.0 Å². The van der Waals surface area contributed by atoms with Crippen LogP contribution >= 0.6 is 23.2 Å². The predicted molar refractivity (Wildman–Crippen MR) is 93.4 cm³/mol. The van der Waals surface area contributed by atoms with Crippen LogP contribution in [0.3, 0.4) is 0 Å². The van der Waals surface area contributed by atoms with Gasteiger partial charge in [-0.2, -0.15) is 13.2 Å². The van der Waals surface area contributed by atoms with E-state index in [0.717, 1.165) is 0 Å². The van der Waals surface area contributed by atoms with E-state index in [9.17, 15) is 22.8 Å². The van der Waals surface area contributed by atoms with Crippen LogP contribution in [0, 0.1) is 0 Å². The number of amides is 2. The van der Waals surface area contributed by atoms with Crippen LogP contribution in [0.5, 0.6) is 0 Å². The summed E-state index contributed by atoms with van der Waals surface area (Å²) in [5, 5.41) is 5.29. The third-order valence-electron chi connectivity index (χ3n) is 3.96. The number of rotatable bonds is 6. The monoisotopic (exact) mass is 411 g/mol. The molecule has 5 nitrogen and oxygen atoms in total. The molecule has 1 unspecified atom stereocenters. The first-order valence-corrected chi connectivity index (χ1v) is 8.75. The van der Waals surface area contributed by atoms with Gasteiger partial charge in [0.15, 0.2) is 0 Å². The lowest BCUT2D eigenvalue weighted by atomic mass is 10.2. The predicted octanol–water partition coefficient (Wildman–Crippen LogP) is 3.46. The topological polar surface area (TPSA) is 61.4 Å². The molecule has 144 valence electrons. The van der Waals surface area contributed by atoms with Gasteiger partial charge in [-0.15, -0.1) is 0 Å². The molecule has 2 amide bonds. The molecule has 2 N–H and O–H groups in total. The molecular weight excluding hydrogens is 394 g/mol. The van der Waals surface area contributed by atoms with E-state index in [-0.39, 0.29) is 18.9 Å². The fourth-order valence-electron chi connectivity index (χ4n) is 2.75. The normalized spacial score (nSPS) is 18.0. The maximum atomic E-state index is 12.2. The third-order valence-corrected chi connectivity index (χ3v) is 4.52. The summed E-state index contributed by atoms with van der Waals surface area (Å²) in [4.78, 5) is 25.7. The third kappa shape index (κ3) is 6.34. The molecule has 1 saturated heterocycles. The number of carbonyl (C=O) groups is 2. The second kappa shape index (κ2) is 8.92. The van der Waals surface area contributed by atoms with Gasteiger partial charge in [-0.1, -0.05) is 23.2 Å². The number of carbonyl (C=O) groups excluding carboxylic acids is 2. The van der Waals surface area contributed by atoms with Gasteiger partial charge < -0.3 is 10.6 Å². The molecule has 0 bridgehead atoms. The lowest BCUT2D eigenvalue weighted by Gasteiger charge is -2.23. The summed E-state index contributed by atoms with van der Waals surface area (Å²) in [6.07, 6.45) is -3.22. The summed E-state index contributed by atoms with van der Waals surface area (Å²) in [6, 6.07) is 4.01. The summed E-state index contributed by atoms with van der Waals surface area (Å²) in [7, 11) is 0. The van der Waals surface area contributed by atoms with E-state index in [1.165, 1.54) is 6.07 Å². The molecule has 0 radical (unpaired) electrons. The van der Waals surface area contributed by atoms with Crippen molar-refractivity contribution in [2.24, 2.45) is 0 Å². The number of nitrogens with one attached hydrogen (secondary N) is 2. The number of anilines is 1. The number of benzene rings is 1. The van der Waals surface area contributed by atoms with Crippen molar-refractivity contribution >= 4 is 40.7 Å². The van der Waals surface area contributed by atoms with Crippen molar-refractivity contribution in [3.05, 3.63) is 28.2 Å². The Bertz CT molecular complexity index is 671. The van der Waals surface area contributed by atoms with Gasteiger partial charge in [0.25, 0.3) is 0 Å². The molecule has 0 spiro atoms. The summed E-state index contributed by atoms with van der Waals surface area (Å²) in [5.74, 6) is -0.992. The van der Waals surface area contributed by atoms with Crippen LogP contribution in [-0.4, -0.2) is 48.6 Å². The Hall–Kier alpha value is -1.51. The van der Waals surface area contributed by atoms with E-state index >= 15 is 0 Å². The maximum absolute atomic E-state index is 12.2. The van der Waals surface area contributed by atoms with Gasteiger partial charge in [-0.3, -0.25) is 14.5 Å². The zero-order valence-electron chi connectivity index (χ0n) is 13.7. The SMILES string of the molecule is O=C(CCN1CCCC1C(=O)NCC(F)(F)F)Nc1cc(Cl)ccc1Cl. The first kappa shape index (κ1) is 20.8. The van der Waals surface area contributed by atoms with Crippen molar-refractivity contribution in [1.29, 1.82) is 0 Å². The molecular formula is C16H18Cl2F3N3O2. The average Bonchev–Trinajstić information content (AvgIpc) is 3.02. The lowest BCUT2D eigenvalue weighted by Crippen LogP contribution is -2.46. The molecule has 0 saturated carbocycles. The highest BCUT2D eigenvalue weighted by molar-refractivity contribution is 6.35. The number of nitrogens with zero attached hydrogens (tertiary/aromatic N) is 1. The van der Waals surface area contributed by atoms with Crippen LogP contribution < -0.4 is 10.6 Å². The Balaban J connectivity index is 1.84. The van der Waals surface area contributed by atoms with Crippen molar-refractivity contribution in [1.82, 2.24) is 10.2 Å². The van der Waals surface area contributed by atoms with Crippen molar-refractivity contribution in [2.45, 2.75) is 31.5 Å². The highest BCUT2D eigenvalue weighted by atomic mass is 35.5. The van der Waals surface area contributed by atoms with Crippen LogP contribution in [0.25, 0.3) is 0 Å². The molecule has 1 aliphatic heterocycles. The smallest absolute Gasteiger partial charge is 0.346 e. The molecule has 26 heavy (non-hydrogen) atoms. The van der Waals surface area contributed by atoms with Crippen LogP contribution in [0.4, 0.5) is 18.9 Å². The molecule has 1 aromatic rings. The van der Waals surface area contributed by atoms with Crippen LogP contribution in [0.1, 0.15) is 19.3 Å². The van der Waals surface area contributed by atoms with Gasteiger partial charge in [0.1, 0.15) is 6.54 Å². The van der Waals surface area contributed by atoms with E-state index in [0.29, 0.717) is 35.1 Å². The Kier molecular flexibility index (Phi) is 7.14. The molecule has 10 heteroatoms. The molecule has 0 aromatic heterocycles. The van der Waals surface area contributed by atoms with Crippen molar-refractivity contribution in [3.63, 3.8) is 0 Å². The Morgan fingerprint density at radius 2 is 2.00 bits per heavy atom. The molecule has 1 fully saturated rings. The van der Waals surface area contributed by atoms with E-state index in [2.05, 4.69) is 5.32 Å². The maximum Gasteiger partial charge on any atom is 0.405 e. The highest BCUT2D eigenvalue weighted by Gasteiger charge is 2.34. The van der Waals surface area contributed by atoms with Crippen molar-refractivity contribution in [2.75, 3.05) is 25.0 Å². The number of hydrogen-bond acceptors (Lipinski definition) is 3. The second-order valence-corrected chi connectivity index (χ2v) is 6.79. The van der Waals surface area contributed by atoms with E-state index in [1.807, 2.05) is 5.32 Å². The van der Waals surface area contributed by atoms with Gasteiger partial charge in [0, 0.05) is 18.0 Å². The zero-order valence-corrected chi connectivity index (χ0v) is 15.2. The average molecular weight is 412 g/mol. The molecule has 1 aliphatic rings. The first-order chi connectivity index (χ1) is 12.2. The van der Waals surface area contributed by atoms with Gasteiger partial charge in [0.2, 0.25) is 11.8 Å². The number of halogens is 5. The summed E-state index contributed by atoms with van der Waals surface area (Å²) in [6.45, 7) is -0.548. The fraction of sp³-hybridized carbons (Fsp3) is 0.500. The first-order valence-electron chi connectivity index (χ1n) is 7.99. The summed E-state index contributed by atoms with van der Waals surface area (Å²) >= 11 is 11.8. The van der Waals surface area contributed by atoms with Gasteiger partial charge in [-0.05, 0) is 37.6 Å². The van der Waals surface area contributed by atoms with Crippen LogP contribution in [0.15, 0.2) is 18.2 Å². The number of hydrogen-bond donors (Lipinski definition) is 2. The quantitative estimate of drug-likeness (QED) is 0.753. The number of likely N-dealkylation sites (tertiary alicyclic amines) is 1. The van der Waals surface area contributed by atoms with E-state index < -0.39 is 24.7 Å². The summed E-state index contributed by atoms with van der Waals surface area (Å²) < 4.78 is 36.7. The highest BCUT2D eigenvalue weighted by Crippen LogP contribution is 2.25.